The van der Waals surface area contributed by atoms with Crippen LogP contribution in [-0.2, 0) is 14.4 Å². The number of nitrogens with zero attached hydrogens (tertiary/aromatic N) is 1. The van der Waals surface area contributed by atoms with Crippen molar-refractivity contribution in [3.63, 3.8) is 0 Å². The second-order valence-corrected chi connectivity index (χ2v) is 7.58. The summed E-state index contributed by atoms with van der Waals surface area (Å²) in [4.78, 5) is 35.7. The molecule has 9 heteroatoms. The van der Waals surface area contributed by atoms with Crippen molar-refractivity contribution in [2.24, 2.45) is 5.10 Å². The molecule has 2 aromatic carbocycles. The Kier molecular flexibility index (Phi) is 9.69. The zero-order valence-corrected chi connectivity index (χ0v) is 19.1. The Morgan fingerprint density at radius 2 is 1.88 bits per heavy atom. The zero-order chi connectivity index (χ0) is 23.5. The summed E-state index contributed by atoms with van der Waals surface area (Å²) in [5.41, 5.74) is 5.35. The Morgan fingerprint density at radius 3 is 2.59 bits per heavy atom. The molecule has 8 nitrogen and oxygen atoms in total. The molecular formula is C23H27ClN4O4. The van der Waals surface area contributed by atoms with Crippen LogP contribution in [0, 0.1) is 13.8 Å². The molecule has 0 unspecified atom stereocenters. The van der Waals surface area contributed by atoms with Gasteiger partial charge in [0.25, 0.3) is 5.91 Å². The van der Waals surface area contributed by atoms with E-state index in [1.165, 1.54) is 6.21 Å². The van der Waals surface area contributed by atoms with Crippen LogP contribution in [0.15, 0.2) is 41.5 Å². The average molecular weight is 459 g/mol. The van der Waals surface area contributed by atoms with E-state index < -0.39 is 11.8 Å². The van der Waals surface area contributed by atoms with Gasteiger partial charge in [0.15, 0.2) is 6.61 Å². The summed E-state index contributed by atoms with van der Waals surface area (Å²) in [7, 11) is 0. The highest BCUT2D eigenvalue weighted by Gasteiger charge is 2.12. The molecule has 0 saturated heterocycles. The monoisotopic (exact) mass is 458 g/mol. The van der Waals surface area contributed by atoms with E-state index in [2.05, 4.69) is 21.2 Å². The van der Waals surface area contributed by atoms with Crippen molar-refractivity contribution >= 4 is 41.2 Å². The van der Waals surface area contributed by atoms with Gasteiger partial charge in [-0.05, 0) is 50.1 Å². The van der Waals surface area contributed by atoms with Crippen LogP contribution in [-0.4, -0.2) is 37.1 Å². The number of nitrogens with one attached hydrogen (secondary N) is 3. The molecule has 0 aliphatic heterocycles. The third kappa shape index (κ3) is 8.03. The number of hydrogen-bond acceptors (Lipinski definition) is 5. The molecule has 0 bridgehead atoms. The first-order chi connectivity index (χ1) is 15.3. The third-order valence-corrected chi connectivity index (χ3v) is 4.61. The molecule has 0 heterocycles. The van der Waals surface area contributed by atoms with Crippen molar-refractivity contribution < 1.29 is 19.1 Å². The summed E-state index contributed by atoms with van der Waals surface area (Å²) in [6.45, 7) is 6.06. The van der Waals surface area contributed by atoms with Gasteiger partial charge in [-0.25, -0.2) is 5.43 Å². The lowest BCUT2D eigenvalue weighted by Gasteiger charge is -2.11. The second-order valence-electron chi connectivity index (χ2n) is 7.15. The molecule has 0 saturated carbocycles. The lowest BCUT2D eigenvalue weighted by Crippen LogP contribution is -2.38. The summed E-state index contributed by atoms with van der Waals surface area (Å²) in [5.74, 6) is -1.63. The van der Waals surface area contributed by atoms with E-state index in [9.17, 15) is 14.4 Å². The van der Waals surface area contributed by atoms with Crippen LogP contribution in [0.5, 0.6) is 5.75 Å². The number of unbranched alkanes of at least 4 members (excludes halogenated alkanes) is 1. The standard InChI is InChI=1S/C23H27ClN4O4/c1-4-5-10-25-22(30)23(31)28-26-13-17-12-18(24)7-9-20(17)32-14-21(29)27-19-8-6-15(2)11-16(19)3/h6-9,11-13H,4-5,10,14H2,1-3H3,(H,25,30)(H,27,29)(H,28,31)/b26-13-. The number of halogens is 1. The van der Waals surface area contributed by atoms with Crippen LogP contribution in [0.1, 0.15) is 36.5 Å². The van der Waals surface area contributed by atoms with Crippen molar-refractivity contribution in [3.8, 4) is 5.75 Å². The van der Waals surface area contributed by atoms with Crippen LogP contribution in [0.25, 0.3) is 0 Å². The molecule has 2 aromatic rings. The summed E-state index contributed by atoms with van der Waals surface area (Å²) < 4.78 is 5.61. The Hall–Kier alpha value is -3.39. The first kappa shape index (κ1) is 24.9. The predicted octanol–water partition coefficient (Wildman–Crippen LogP) is 3.34. The fourth-order valence-corrected chi connectivity index (χ4v) is 2.89. The number of amides is 3. The Morgan fingerprint density at radius 1 is 1.09 bits per heavy atom. The average Bonchev–Trinajstić information content (AvgIpc) is 2.75. The fourth-order valence-electron chi connectivity index (χ4n) is 2.71. The molecule has 0 spiro atoms. The normalized spacial score (nSPS) is 10.6. The quantitative estimate of drug-likeness (QED) is 0.232. The van der Waals surface area contributed by atoms with Gasteiger partial charge in [0, 0.05) is 22.8 Å². The van der Waals surface area contributed by atoms with Gasteiger partial charge in [-0.15, -0.1) is 0 Å². The van der Waals surface area contributed by atoms with Crippen molar-refractivity contribution in [1.82, 2.24) is 10.7 Å². The number of ether oxygens (including phenoxy) is 1. The molecule has 3 amide bonds. The van der Waals surface area contributed by atoms with Gasteiger partial charge in [-0.1, -0.05) is 42.6 Å². The largest absolute Gasteiger partial charge is 0.483 e. The molecule has 0 radical (unpaired) electrons. The van der Waals surface area contributed by atoms with Crippen LogP contribution < -0.4 is 20.8 Å². The summed E-state index contributed by atoms with van der Waals surface area (Å²) in [6, 6.07) is 10.5. The minimum atomic E-state index is -0.880. The van der Waals surface area contributed by atoms with Crippen LogP contribution in [0.3, 0.4) is 0 Å². The number of carbonyl (C=O) groups excluding carboxylic acids is 3. The Balaban J connectivity index is 1.95. The van der Waals surface area contributed by atoms with E-state index in [1.54, 1.807) is 18.2 Å². The summed E-state index contributed by atoms with van der Waals surface area (Å²) in [5, 5.41) is 9.50. The third-order valence-electron chi connectivity index (χ3n) is 4.38. The fraction of sp³-hybridized carbons (Fsp3) is 0.304. The number of rotatable bonds is 9. The predicted molar refractivity (Wildman–Crippen MR) is 125 cm³/mol. The molecule has 0 aliphatic rings. The maximum Gasteiger partial charge on any atom is 0.329 e. The first-order valence-corrected chi connectivity index (χ1v) is 10.6. The smallest absolute Gasteiger partial charge is 0.329 e. The molecule has 0 aliphatic carbocycles. The molecule has 32 heavy (non-hydrogen) atoms. The van der Waals surface area contributed by atoms with Gasteiger partial charge < -0.3 is 15.4 Å². The lowest BCUT2D eigenvalue weighted by molar-refractivity contribution is -0.139. The van der Waals surface area contributed by atoms with E-state index in [4.69, 9.17) is 16.3 Å². The molecule has 0 fully saturated rings. The highest BCUT2D eigenvalue weighted by atomic mass is 35.5. The maximum absolute atomic E-state index is 12.3. The number of anilines is 1. The molecule has 0 aromatic heterocycles. The van der Waals surface area contributed by atoms with Gasteiger partial charge in [0.05, 0.1) is 6.21 Å². The summed E-state index contributed by atoms with van der Waals surface area (Å²) >= 11 is 6.03. The topological polar surface area (TPSA) is 109 Å². The molecule has 0 atom stereocenters. The van der Waals surface area contributed by atoms with E-state index in [0.717, 1.165) is 24.0 Å². The molecular weight excluding hydrogens is 432 g/mol. The van der Waals surface area contributed by atoms with Crippen molar-refractivity contribution in [3.05, 3.63) is 58.1 Å². The van der Waals surface area contributed by atoms with Gasteiger partial charge in [0.2, 0.25) is 0 Å². The van der Waals surface area contributed by atoms with Gasteiger partial charge in [0.1, 0.15) is 5.75 Å². The maximum atomic E-state index is 12.3. The van der Waals surface area contributed by atoms with Gasteiger partial charge in [-0.2, -0.15) is 5.10 Å². The number of carbonyl (C=O) groups is 3. The van der Waals surface area contributed by atoms with Crippen LogP contribution in [0.4, 0.5) is 5.69 Å². The Labute approximate surface area is 192 Å². The number of aryl methyl sites for hydroxylation is 2. The van der Waals surface area contributed by atoms with E-state index >= 15 is 0 Å². The number of hydrazone groups is 1. The van der Waals surface area contributed by atoms with Gasteiger partial charge >= 0.3 is 11.8 Å². The number of hydrogen-bond donors (Lipinski definition) is 3. The van der Waals surface area contributed by atoms with Crippen molar-refractivity contribution in [2.45, 2.75) is 33.6 Å². The summed E-state index contributed by atoms with van der Waals surface area (Å²) in [6.07, 6.45) is 2.98. The second kappa shape index (κ2) is 12.5. The number of benzene rings is 2. The highest BCUT2D eigenvalue weighted by Crippen LogP contribution is 2.22. The molecule has 3 N–H and O–H groups in total. The SMILES string of the molecule is CCCCNC(=O)C(=O)N/N=C\c1cc(Cl)ccc1OCC(=O)Nc1ccc(C)cc1C. The van der Waals surface area contributed by atoms with Crippen LogP contribution >= 0.6 is 11.6 Å². The lowest BCUT2D eigenvalue weighted by atomic mass is 10.1. The Bertz CT molecular complexity index is 1010. The van der Waals surface area contributed by atoms with E-state index in [-0.39, 0.29) is 12.5 Å². The highest BCUT2D eigenvalue weighted by molar-refractivity contribution is 6.35. The van der Waals surface area contributed by atoms with Crippen molar-refractivity contribution in [1.29, 1.82) is 0 Å². The van der Waals surface area contributed by atoms with E-state index in [1.807, 2.05) is 39.0 Å². The molecule has 2 rings (SSSR count). The van der Waals surface area contributed by atoms with E-state index in [0.29, 0.717) is 28.6 Å². The van der Waals surface area contributed by atoms with Crippen LogP contribution in [0.2, 0.25) is 5.02 Å². The molecule has 170 valence electrons. The zero-order valence-electron chi connectivity index (χ0n) is 18.3. The minimum absolute atomic E-state index is 0.234. The van der Waals surface area contributed by atoms with Gasteiger partial charge in [-0.3, -0.25) is 14.4 Å². The van der Waals surface area contributed by atoms with Crippen molar-refractivity contribution in [2.75, 3.05) is 18.5 Å². The minimum Gasteiger partial charge on any atom is -0.483 e. The first-order valence-electron chi connectivity index (χ1n) is 10.2.